The molecule has 0 spiro atoms. The lowest BCUT2D eigenvalue weighted by Crippen LogP contribution is -2.26. The number of hydrogen-bond donors (Lipinski definition) is 1. The minimum absolute atomic E-state index is 0.0186. The quantitative estimate of drug-likeness (QED) is 0.891. The highest BCUT2D eigenvalue weighted by Gasteiger charge is 2.37. The van der Waals surface area contributed by atoms with Crippen molar-refractivity contribution in [3.05, 3.63) is 70.5 Å². The van der Waals surface area contributed by atoms with Gasteiger partial charge in [0.2, 0.25) is 0 Å². The zero-order valence-corrected chi connectivity index (χ0v) is 10.7. The van der Waals surface area contributed by atoms with Crippen LogP contribution in [0.1, 0.15) is 23.1 Å². The van der Waals surface area contributed by atoms with Gasteiger partial charge in [-0.3, -0.25) is 0 Å². The molecule has 0 heterocycles. The minimum atomic E-state index is -1.27. The summed E-state index contributed by atoms with van der Waals surface area (Å²) in [5.74, 6) is -1.44. The van der Waals surface area contributed by atoms with E-state index in [1.165, 1.54) is 18.2 Å². The lowest BCUT2D eigenvalue weighted by Gasteiger charge is -2.24. The van der Waals surface area contributed by atoms with E-state index in [2.05, 4.69) is 0 Å². The molecular formula is C16H13F3O. The lowest BCUT2D eigenvalue weighted by atomic mass is 9.88. The third-order valence-corrected chi connectivity index (χ3v) is 3.87. The Morgan fingerprint density at radius 3 is 2.50 bits per heavy atom. The Kier molecular flexibility index (Phi) is 3.05. The molecule has 1 atom stereocenters. The smallest absolute Gasteiger partial charge is 0.126 e. The van der Waals surface area contributed by atoms with Gasteiger partial charge in [0.05, 0.1) is 5.60 Å². The molecule has 1 aliphatic rings. The summed E-state index contributed by atoms with van der Waals surface area (Å²) in [7, 11) is 0. The summed E-state index contributed by atoms with van der Waals surface area (Å²) >= 11 is 0. The molecule has 4 heteroatoms. The number of aryl methyl sites for hydroxylation is 1. The summed E-state index contributed by atoms with van der Waals surface area (Å²) < 4.78 is 40.1. The van der Waals surface area contributed by atoms with Crippen LogP contribution in [0.3, 0.4) is 0 Å². The average Bonchev–Trinajstić information content (AvgIpc) is 2.71. The van der Waals surface area contributed by atoms with Gasteiger partial charge in [0, 0.05) is 6.42 Å². The number of aliphatic hydroxyl groups is 1. The van der Waals surface area contributed by atoms with Crippen LogP contribution in [0.4, 0.5) is 13.2 Å². The molecule has 1 nitrogen and oxygen atoms in total. The monoisotopic (exact) mass is 278 g/mol. The van der Waals surface area contributed by atoms with Crippen LogP contribution in [0.25, 0.3) is 0 Å². The van der Waals surface area contributed by atoms with Gasteiger partial charge in [-0.15, -0.1) is 0 Å². The molecule has 0 amide bonds. The highest BCUT2D eigenvalue weighted by Crippen LogP contribution is 2.40. The summed E-state index contributed by atoms with van der Waals surface area (Å²) in [6, 6.07) is 7.37. The molecule has 0 aliphatic heterocycles. The van der Waals surface area contributed by atoms with Gasteiger partial charge in [0.1, 0.15) is 17.5 Å². The molecule has 2 aromatic carbocycles. The van der Waals surface area contributed by atoms with Crippen LogP contribution < -0.4 is 0 Å². The van der Waals surface area contributed by atoms with Crippen molar-refractivity contribution in [1.29, 1.82) is 0 Å². The molecule has 20 heavy (non-hydrogen) atoms. The number of fused-ring (bicyclic) bond motifs is 1. The summed E-state index contributed by atoms with van der Waals surface area (Å²) in [6.07, 6.45) is 0.886. The highest BCUT2D eigenvalue weighted by atomic mass is 19.1. The Hall–Kier alpha value is -1.81. The maximum absolute atomic E-state index is 13.7. The second-order valence-corrected chi connectivity index (χ2v) is 5.25. The van der Waals surface area contributed by atoms with Gasteiger partial charge in [0.15, 0.2) is 0 Å². The fourth-order valence-electron chi connectivity index (χ4n) is 2.88. The second kappa shape index (κ2) is 4.63. The van der Waals surface area contributed by atoms with Gasteiger partial charge in [0.25, 0.3) is 0 Å². The Balaban J connectivity index is 1.98. The van der Waals surface area contributed by atoms with Crippen molar-refractivity contribution >= 4 is 0 Å². The first-order chi connectivity index (χ1) is 9.48. The number of benzene rings is 2. The predicted molar refractivity (Wildman–Crippen MR) is 68.7 cm³/mol. The molecule has 2 aromatic rings. The number of hydrogen-bond acceptors (Lipinski definition) is 1. The fourth-order valence-corrected chi connectivity index (χ4v) is 2.88. The molecule has 3 rings (SSSR count). The summed E-state index contributed by atoms with van der Waals surface area (Å²) in [6.45, 7) is 0. The lowest BCUT2D eigenvalue weighted by molar-refractivity contribution is 0.0380. The first kappa shape index (κ1) is 13.2. The molecule has 0 radical (unpaired) electrons. The van der Waals surface area contributed by atoms with Crippen molar-refractivity contribution in [1.82, 2.24) is 0 Å². The van der Waals surface area contributed by atoms with Crippen LogP contribution in [0.5, 0.6) is 0 Å². The van der Waals surface area contributed by atoms with Crippen molar-refractivity contribution in [2.45, 2.75) is 24.9 Å². The SMILES string of the molecule is OC1(Cc2cc(F)ccc2F)CCc2cc(F)ccc21. The largest absolute Gasteiger partial charge is 0.385 e. The first-order valence-corrected chi connectivity index (χ1v) is 6.43. The Bertz CT molecular complexity index is 669. The van der Waals surface area contributed by atoms with Crippen LogP contribution in [-0.4, -0.2) is 5.11 Å². The number of rotatable bonds is 2. The molecule has 104 valence electrons. The maximum Gasteiger partial charge on any atom is 0.126 e. The van der Waals surface area contributed by atoms with Gasteiger partial charge in [-0.1, -0.05) is 6.07 Å². The van der Waals surface area contributed by atoms with E-state index in [9.17, 15) is 18.3 Å². The van der Waals surface area contributed by atoms with Crippen molar-refractivity contribution in [3.63, 3.8) is 0 Å². The molecule has 0 saturated heterocycles. The van der Waals surface area contributed by atoms with Gasteiger partial charge in [-0.25, -0.2) is 13.2 Å². The topological polar surface area (TPSA) is 20.2 Å². The van der Waals surface area contributed by atoms with E-state index in [0.29, 0.717) is 18.4 Å². The fraction of sp³-hybridized carbons (Fsp3) is 0.250. The highest BCUT2D eigenvalue weighted by molar-refractivity contribution is 5.39. The van der Waals surface area contributed by atoms with Gasteiger partial charge in [-0.2, -0.15) is 0 Å². The van der Waals surface area contributed by atoms with E-state index in [1.54, 1.807) is 0 Å². The summed E-state index contributed by atoms with van der Waals surface area (Å²) in [5.41, 5.74) is 0.189. The Morgan fingerprint density at radius 1 is 1.00 bits per heavy atom. The molecule has 1 N–H and O–H groups in total. The van der Waals surface area contributed by atoms with Crippen molar-refractivity contribution in [2.24, 2.45) is 0 Å². The molecule has 0 bridgehead atoms. The molecule has 0 aromatic heterocycles. The van der Waals surface area contributed by atoms with Crippen LogP contribution in [0.15, 0.2) is 36.4 Å². The molecule has 0 fully saturated rings. The van der Waals surface area contributed by atoms with E-state index < -0.39 is 17.2 Å². The normalized spacial score (nSPS) is 21.0. The minimum Gasteiger partial charge on any atom is -0.385 e. The van der Waals surface area contributed by atoms with Crippen LogP contribution in [0, 0.1) is 17.5 Å². The van der Waals surface area contributed by atoms with Gasteiger partial charge in [-0.05, 0) is 59.9 Å². The van der Waals surface area contributed by atoms with Gasteiger partial charge < -0.3 is 5.11 Å². The second-order valence-electron chi connectivity index (χ2n) is 5.25. The van der Waals surface area contributed by atoms with Crippen molar-refractivity contribution in [2.75, 3.05) is 0 Å². The van der Waals surface area contributed by atoms with E-state index >= 15 is 0 Å². The van der Waals surface area contributed by atoms with Crippen LogP contribution in [0.2, 0.25) is 0 Å². The Labute approximate surface area is 114 Å². The molecule has 1 unspecified atom stereocenters. The summed E-state index contributed by atoms with van der Waals surface area (Å²) in [5, 5.41) is 10.7. The van der Waals surface area contributed by atoms with Crippen molar-refractivity contribution in [3.8, 4) is 0 Å². The standard InChI is InChI=1S/C16H13F3O/c17-12-1-3-14-10(7-12)5-6-16(14,20)9-11-8-13(18)2-4-15(11)19/h1-4,7-8,20H,5-6,9H2. The maximum atomic E-state index is 13.7. The van der Waals surface area contributed by atoms with Gasteiger partial charge >= 0.3 is 0 Å². The van der Waals surface area contributed by atoms with E-state index in [0.717, 1.165) is 23.8 Å². The van der Waals surface area contributed by atoms with E-state index in [1.807, 2.05) is 0 Å². The first-order valence-electron chi connectivity index (χ1n) is 6.43. The molecular weight excluding hydrogens is 265 g/mol. The van der Waals surface area contributed by atoms with E-state index in [4.69, 9.17) is 0 Å². The zero-order chi connectivity index (χ0) is 14.3. The van der Waals surface area contributed by atoms with Crippen LogP contribution >= 0.6 is 0 Å². The molecule has 1 aliphatic carbocycles. The average molecular weight is 278 g/mol. The van der Waals surface area contributed by atoms with Crippen LogP contribution in [-0.2, 0) is 18.4 Å². The predicted octanol–water partition coefficient (Wildman–Crippen LogP) is 3.48. The Morgan fingerprint density at radius 2 is 1.70 bits per heavy atom. The third-order valence-electron chi connectivity index (χ3n) is 3.87. The molecule has 0 saturated carbocycles. The van der Waals surface area contributed by atoms with Crippen molar-refractivity contribution < 1.29 is 18.3 Å². The zero-order valence-electron chi connectivity index (χ0n) is 10.7. The third kappa shape index (κ3) is 2.20. The summed E-state index contributed by atoms with van der Waals surface area (Å²) in [4.78, 5) is 0. The number of halogens is 3. The van der Waals surface area contributed by atoms with E-state index in [-0.39, 0.29) is 17.8 Å².